The molecule has 1 rings (SSSR count). The minimum atomic E-state index is -0.481. The van der Waals surface area contributed by atoms with Crippen LogP contribution in [0, 0.1) is 0 Å². The molecule has 4 nitrogen and oxygen atoms in total. The lowest BCUT2D eigenvalue weighted by Crippen LogP contribution is -2.33. The maximum absolute atomic E-state index is 11.4. The molecule has 0 aliphatic carbocycles. The smallest absolute Gasteiger partial charge is 0.407 e. The van der Waals surface area contributed by atoms with Gasteiger partial charge in [-0.3, -0.25) is 0 Å². The summed E-state index contributed by atoms with van der Waals surface area (Å²) in [6.07, 6.45) is 0.262. The van der Waals surface area contributed by atoms with Gasteiger partial charge in [-0.1, -0.05) is 33.6 Å². The van der Waals surface area contributed by atoms with Crippen LogP contribution in [0.3, 0.4) is 0 Å². The van der Waals surface area contributed by atoms with Crippen molar-refractivity contribution in [1.82, 2.24) is 5.32 Å². The van der Waals surface area contributed by atoms with Gasteiger partial charge in [0, 0.05) is 11.9 Å². The molecule has 0 aliphatic rings. The minimum absolute atomic E-state index is 0.415. The van der Waals surface area contributed by atoms with Crippen LogP contribution >= 0.6 is 27.5 Å². The monoisotopic (exact) mass is 377 g/mol. The highest BCUT2D eigenvalue weighted by molar-refractivity contribution is 9.08. The zero-order valence-corrected chi connectivity index (χ0v) is 14.9. The number of rotatable bonds is 6. The number of halogens is 2. The van der Waals surface area contributed by atoms with E-state index >= 15 is 0 Å². The van der Waals surface area contributed by atoms with Crippen LogP contribution in [0.2, 0.25) is 5.02 Å². The van der Waals surface area contributed by atoms with Gasteiger partial charge in [0.1, 0.15) is 11.4 Å². The van der Waals surface area contributed by atoms with Crippen LogP contribution in [0.4, 0.5) is 4.79 Å². The average Bonchev–Trinajstić information content (AvgIpc) is 2.37. The number of carbonyl (C=O) groups excluding carboxylic acids is 1. The first kappa shape index (κ1) is 18.1. The molecular weight excluding hydrogens is 358 g/mol. The maximum atomic E-state index is 11.4. The molecule has 0 aliphatic heterocycles. The topological polar surface area (TPSA) is 47.6 Å². The number of alkyl carbamates (subject to hydrolysis) is 1. The van der Waals surface area contributed by atoms with Crippen molar-refractivity contribution >= 4 is 33.6 Å². The number of benzene rings is 1. The van der Waals surface area contributed by atoms with E-state index in [0.717, 1.165) is 10.9 Å². The molecule has 0 heterocycles. The minimum Gasteiger partial charge on any atom is -0.492 e. The summed E-state index contributed by atoms with van der Waals surface area (Å²) in [5.74, 6) is 0.652. The second-order valence-corrected chi connectivity index (χ2v) is 6.50. The molecule has 0 atom stereocenters. The van der Waals surface area contributed by atoms with Crippen LogP contribution in [0.25, 0.3) is 0 Å². The second-order valence-electron chi connectivity index (χ2n) is 5.53. The quantitative estimate of drug-likeness (QED) is 0.584. The highest BCUT2D eigenvalue weighted by atomic mass is 79.9. The van der Waals surface area contributed by atoms with Gasteiger partial charge in [-0.25, -0.2) is 4.79 Å². The van der Waals surface area contributed by atoms with Crippen molar-refractivity contribution in [3.63, 3.8) is 0 Å². The number of hydrogen-bond donors (Lipinski definition) is 1. The molecule has 1 aromatic rings. The van der Waals surface area contributed by atoms with E-state index in [1.165, 1.54) is 0 Å². The Bertz CT molecular complexity index is 474. The Morgan fingerprint density at radius 1 is 1.38 bits per heavy atom. The summed E-state index contributed by atoms with van der Waals surface area (Å²) in [6, 6.07) is 5.67. The molecule has 1 N–H and O–H groups in total. The predicted octanol–water partition coefficient (Wildman–Crippen LogP) is 4.53. The molecular formula is C15H21BrClNO3. The van der Waals surface area contributed by atoms with Crippen LogP contribution in [-0.2, 0) is 10.1 Å². The number of alkyl halides is 1. The van der Waals surface area contributed by atoms with Gasteiger partial charge in [0.2, 0.25) is 0 Å². The fraction of sp³-hybridized carbons (Fsp3) is 0.533. The molecule has 6 heteroatoms. The molecule has 0 radical (unpaired) electrons. The van der Waals surface area contributed by atoms with Gasteiger partial charge in [0.15, 0.2) is 0 Å². The first-order chi connectivity index (χ1) is 9.81. The van der Waals surface area contributed by atoms with E-state index in [1.54, 1.807) is 0 Å². The molecule has 0 spiro atoms. The zero-order chi connectivity index (χ0) is 15.9. The van der Waals surface area contributed by atoms with E-state index < -0.39 is 11.7 Å². The van der Waals surface area contributed by atoms with E-state index in [-0.39, 0.29) is 0 Å². The zero-order valence-electron chi connectivity index (χ0n) is 12.5. The lowest BCUT2D eigenvalue weighted by molar-refractivity contribution is 0.0525. The second kappa shape index (κ2) is 8.49. The largest absolute Gasteiger partial charge is 0.492 e. The SMILES string of the molecule is CC(C)(C)OC(=O)NCCCOc1ccc(CBr)cc1Cl. The third-order valence-electron chi connectivity index (χ3n) is 2.40. The third kappa shape index (κ3) is 7.58. The standard InChI is InChI=1S/C15H21BrClNO3/c1-15(2,3)21-14(19)18-7-4-8-20-13-6-5-11(10-16)9-12(13)17/h5-6,9H,4,7-8,10H2,1-3H3,(H,18,19). The van der Waals surface area contributed by atoms with Gasteiger partial charge >= 0.3 is 6.09 Å². The van der Waals surface area contributed by atoms with Gasteiger partial charge in [-0.2, -0.15) is 0 Å². The van der Waals surface area contributed by atoms with Crippen LogP contribution < -0.4 is 10.1 Å². The van der Waals surface area contributed by atoms with Crippen molar-refractivity contribution in [1.29, 1.82) is 0 Å². The van der Waals surface area contributed by atoms with E-state index in [0.29, 0.717) is 30.3 Å². The Balaban J connectivity index is 2.24. The van der Waals surface area contributed by atoms with Crippen molar-refractivity contribution in [2.24, 2.45) is 0 Å². The third-order valence-corrected chi connectivity index (χ3v) is 3.34. The Morgan fingerprint density at radius 2 is 2.10 bits per heavy atom. The average molecular weight is 379 g/mol. The fourth-order valence-electron chi connectivity index (χ4n) is 1.50. The number of carbonyl (C=O) groups is 1. The normalized spacial score (nSPS) is 11.1. The Labute approximate surface area is 139 Å². The van der Waals surface area contributed by atoms with Crippen LogP contribution in [-0.4, -0.2) is 24.8 Å². The highest BCUT2D eigenvalue weighted by Gasteiger charge is 2.15. The number of nitrogens with one attached hydrogen (secondary N) is 1. The highest BCUT2D eigenvalue weighted by Crippen LogP contribution is 2.26. The number of hydrogen-bond acceptors (Lipinski definition) is 3. The summed E-state index contributed by atoms with van der Waals surface area (Å²) < 4.78 is 10.7. The molecule has 0 saturated heterocycles. The van der Waals surface area contributed by atoms with Crippen LogP contribution in [0.5, 0.6) is 5.75 Å². The van der Waals surface area contributed by atoms with E-state index in [9.17, 15) is 4.79 Å². The molecule has 118 valence electrons. The number of amides is 1. The first-order valence-electron chi connectivity index (χ1n) is 6.76. The van der Waals surface area contributed by atoms with Gasteiger partial charge in [-0.05, 0) is 44.9 Å². The molecule has 0 fully saturated rings. The van der Waals surface area contributed by atoms with Gasteiger partial charge in [-0.15, -0.1) is 0 Å². The Kier molecular flexibility index (Phi) is 7.32. The Morgan fingerprint density at radius 3 is 2.67 bits per heavy atom. The van der Waals surface area contributed by atoms with Crippen molar-refractivity contribution < 1.29 is 14.3 Å². The molecule has 0 bridgehead atoms. The fourth-order valence-corrected chi connectivity index (χ4v) is 2.11. The summed E-state index contributed by atoms with van der Waals surface area (Å²) in [7, 11) is 0. The molecule has 1 amide bonds. The van der Waals surface area contributed by atoms with Crippen LogP contribution in [0.15, 0.2) is 18.2 Å². The van der Waals surface area contributed by atoms with E-state index in [2.05, 4.69) is 21.2 Å². The first-order valence-corrected chi connectivity index (χ1v) is 8.26. The van der Waals surface area contributed by atoms with Gasteiger partial charge in [0.05, 0.1) is 11.6 Å². The van der Waals surface area contributed by atoms with Crippen molar-refractivity contribution in [2.75, 3.05) is 13.2 Å². The lowest BCUT2D eigenvalue weighted by atomic mass is 10.2. The summed E-state index contributed by atoms with van der Waals surface area (Å²) in [6.45, 7) is 6.45. The van der Waals surface area contributed by atoms with E-state index in [1.807, 2.05) is 39.0 Å². The van der Waals surface area contributed by atoms with Gasteiger partial charge in [0.25, 0.3) is 0 Å². The summed E-state index contributed by atoms with van der Waals surface area (Å²) >= 11 is 9.48. The van der Waals surface area contributed by atoms with Crippen LogP contribution in [0.1, 0.15) is 32.8 Å². The molecule has 0 saturated carbocycles. The Hall–Kier alpha value is -0.940. The van der Waals surface area contributed by atoms with Crippen molar-refractivity contribution in [2.45, 2.75) is 38.1 Å². The summed E-state index contributed by atoms with van der Waals surface area (Å²) in [5.41, 5.74) is 0.615. The molecule has 0 unspecified atom stereocenters. The lowest BCUT2D eigenvalue weighted by Gasteiger charge is -2.19. The summed E-state index contributed by atoms with van der Waals surface area (Å²) in [5, 5.41) is 4.02. The summed E-state index contributed by atoms with van der Waals surface area (Å²) in [4.78, 5) is 11.4. The predicted molar refractivity (Wildman–Crippen MR) is 88.4 cm³/mol. The maximum Gasteiger partial charge on any atom is 0.407 e. The van der Waals surface area contributed by atoms with Crippen molar-refractivity contribution in [3.8, 4) is 5.75 Å². The molecule has 1 aromatic carbocycles. The molecule has 0 aromatic heterocycles. The van der Waals surface area contributed by atoms with E-state index in [4.69, 9.17) is 21.1 Å². The van der Waals surface area contributed by atoms with Gasteiger partial charge < -0.3 is 14.8 Å². The van der Waals surface area contributed by atoms with Crippen molar-refractivity contribution in [3.05, 3.63) is 28.8 Å². The molecule has 21 heavy (non-hydrogen) atoms. The number of ether oxygens (including phenoxy) is 2.